The first-order valence-corrected chi connectivity index (χ1v) is 7.39. The SMILES string of the molecule is CCSc1ccc(C(=O)NCC2(CN)CC2)cc1. The van der Waals surface area contributed by atoms with Crippen LogP contribution in [0.5, 0.6) is 0 Å². The smallest absolute Gasteiger partial charge is 0.251 e. The highest BCUT2D eigenvalue weighted by Crippen LogP contribution is 2.43. The molecule has 0 atom stereocenters. The Morgan fingerprint density at radius 3 is 2.56 bits per heavy atom. The summed E-state index contributed by atoms with van der Waals surface area (Å²) in [5.41, 5.74) is 6.61. The van der Waals surface area contributed by atoms with Crippen LogP contribution in [0, 0.1) is 5.41 Å². The maximum Gasteiger partial charge on any atom is 0.251 e. The highest BCUT2D eigenvalue weighted by atomic mass is 32.2. The van der Waals surface area contributed by atoms with Crippen LogP contribution in [0.2, 0.25) is 0 Å². The van der Waals surface area contributed by atoms with Gasteiger partial charge in [0.1, 0.15) is 0 Å². The Morgan fingerprint density at radius 2 is 2.06 bits per heavy atom. The third-order valence-corrected chi connectivity index (χ3v) is 4.34. The van der Waals surface area contributed by atoms with Gasteiger partial charge in [0, 0.05) is 22.4 Å². The standard InChI is InChI=1S/C14H20N2OS/c1-2-18-12-5-3-11(4-6-12)13(17)16-10-14(9-15)7-8-14/h3-6H,2,7-10,15H2,1H3,(H,16,17). The summed E-state index contributed by atoms with van der Waals surface area (Å²) in [6.45, 7) is 3.49. The first-order valence-electron chi connectivity index (χ1n) is 6.40. The van der Waals surface area contributed by atoms with Crippen LogP contribution in [-0.4, -0.2) is 24.7 Å². The molecule has 0 saturated heterocycles. The van der Waals surface area contributed by atoms with Gasteiger partial charge in [0.2, 0.25) is 0 Å². The number of nitrogens with two attached hydrogens (primary N) is 1. The van der Waals surface area contributed by atoms with Crippen LogP contribution in [0.3, 0.4) is 0 Å². The number of hydrogen-bond acceptors (Lipinski definition) is 3. The topological polar surface area (TPSA) is 55.1 Å². The lowest BCUT2D eigenvalue weighted by Gasteiger charge is -2.13. The van der Waals surface area contributed by atoms with Gasteiger partial charge in [0.05, 0.1) is 0 Å². The van der Waals surface area contributed by atoms with Crippen molar-refractivity contribution in [3.05, 3.63) is 29.8 Å². The molecule has 1 amide bonds. The van der Waals surface area contributed by atoms with E-state index in [1.807, 2.05) is 24.3 Å². The summed E-state index contributed by atoms with van der Waals surface area (Å²) in [7, 11) is 0. The Balaban J connectivity index is 1.88. The molecule has 18 heavy (non-hydrogen) atoms. The molecule has 3 nitrogen and oxygen atoms in total. The van der Waals surface area contributed by atoms with Gasteiger partial charge < -0.3 is 11.1 Å². The fourth-order valence-electron chi connectivity index (χ4n) is 1.87. The monoisotopic (exact) mass is 264 g/mol. The molecule has 2 rings (SSSR count). The summed E-state index contributed by atoms with van der Waals surface area (Å²) in [4.78, 5) is 13.1. The van der Waals surface area contributed by atoms with Crippen molar-refractivity contribution in [2.75, 3.05) is 18.8 Å². The van der Waals surface area contributed by atoms with E-state index in [-0.39, 0.29) is 11.3 Å². The van der Waals surface area contributed by atoms with E-state index in [9.17, 15) is 4.79 Å². The minimum absolute atomic E-state index is 0.00257. The number of carbonyl (C=O) groups excluding carboxylic acids is 1. The van der Waals surface area contributed by atoms with Crippen LogP contribution in [0.4, 0.5) is 0 Å². The van der Waals surface area contributed by atoms with E-state index >= 15 is 0 Å². The maximum atomic E-state index is 11.9. The number of amides is 1. The van der Waals surface area contributed by atoms with Gasteiger partial charge in [-0.1, -0.05) is 6.92 Å². The third-order valence-electron chi connectivity index (χ3n) is 3.44. The second kappa shape index (κ2) is 5.76. The van der Waals surface area contributed by atoms with Crippen molar-refractivity contribution in [2.24, 2.45) is 11.1 Å². The minimum Gasteiger partial charge on any atom is -0.351 e. The van der Waals surface area contributed by atoms with Gasteiger partial charge >= 0.3 is 0 Å². The Kier molecular flexibility index (Phi) is 4.30. The lowest BCUT2D eigenvalue weighted by atomic mass is 10.1. The first-order chi connectivity index (χ1) is 8.69. The van der Waals surface area contributed by atoms with E-state index in [0.29, 0.717) is 13.1 Å². The number of rotatable bonds is 6. The van der Waals surface area contributed by atoms with Crippen molar-refractivity contribution in [1.29, 1.82) is 0 Å². The normalized spacial score (nSPS) is 16.3. The molecule has 1 aromatic rings. The number of nitrogens with one attached hydrogen (secondary N) is 1. The summed E-state index contributed by atoms with van der Waals surface area (Å²) in [5.74, 6) is 1.05. The van der Waals surface area contributed by atoms with Gasteiger partial charge in [0.25, 0.3) is 5.91 Å². The van der Waals surface area contributed by atoms with Gasteiger partial charge in [-0.2, -0.15) is 0 Å². The summed E-state index contributed by atoms with van der Waals surface area (Å²) in [6.07, 6.45) is 2.27. The molecule has 0 heterocycles. The molecule has 1 fully saturated rings. The Bertz CT molecular complexity index is 412. The summed E-state index contributed by atoms with van der Waals surface area (Å²) in [6, 6.07) is 7.77. The van der Waals surface area contributed by atoms with Gasteiger partial charge in [-0.15, -0.1) is 11.8 Å². The molecule has 98 valence electrons. The van der Waals surface area contributed by atoms with Gasteiger partial charge in [0.15, 0.2) is 0 Å². The summed E-state index contributed by atoms with van der Waals surface area (Å²) in [5, 5.41) is 2.98. The maximum absolute atomic E-state index is 11.9. The van der Waals surface area contributed by atoms with E-state index in [1.54, 1.807) is 11.8 Å². The van der Waals surface area contributed by atoms with E-state index in [4.69, 9.17) is 5.73 Å². The van der Waals surface area contributed by atoms with Crippen LogP contribution in [0.15, 0.2) is 29.2 Å². The Morgan fingerprint density at radius 1 is 1.39 bits per heavy atom. The van der Waals surface area contributed by atoms with Crippen LogP contribution in [0.25, 0.3) is 0 Å². The second-order valence-electron chi connectivity index (χ2n) is 4.84. The predicted molar refractivity (Wildman–Crippen MR) is 75.9 cm³/mol. The van der Waals surface area contributed by atoms with Crippen molar-refractivity contribution < 1.29 is 4.79 Å². The van der Waals surface area contributed by atoms with Crippen molar-refractivity contribution >= 4 is 17.7 Å². The second-order valence-corrected chi connectivity index (χ2v) is 6.18. The van der Waals surface area contributed by atoms with E-state index in [0.717, 1.165) is 24.2 Å². The summed E-state index contributed by atoms with van der Waals surface area (Å²) < 4.78 is 0. The predicted octanol–water partition coefficient (Wildman–Crippen LogP) is 2.27. The molecule has 0 aliphatic heterocycles. The third kappa shape index (κ3) is 3.27. The number of carbonyl (C=O) groups is 1. The van der Waals surface area contributed by atoms with Crippen molar-refractivity contribution in [3.63, 3.8) is 0 Å². The first kappa shape index (κ1) is 13.4. The highest BCUT2D eigenvalue weighted by molar-refractivity contribution is 7.99. The molecule has 1 aromatic carbocycles. The number of thioether (sulfide) groups is 1. The zero-order chi connectivity index (χ0) is 13.0. The number of benzene rings is 1. The molecule has 1 aliphatic carbocycles. The lowest BCUT2D eigenvalue weighted by molar-refractivity contribution is 0.0945. The molecule has 0 bridgehead atoms. The van der Waals surface area contributed by atoms with E-state index < -0.39 is 0 Å². The fraction of sp³-hybridized carbons (Fsp3) is 0.500. The molecule has 0 unspecified atom stereocenters. The largest absolute Gasteiger partial charge is 0.351 e. The van der Waals surface area contributed by atoms with Gasteiger partial charge in [-0.3, -0.25) is 4.79 Å². The molecule has 1 saturated carbocycles. The Hall–Kier alpha value is -1.00. The number of hydrogen-bond donors (Lipinski definition) is 2. The Labute approximate surface area is 113 Å². The average molecular weight is 264 g/mol. The molecule has 0 radical (unpaired) electrons. The van der Waals surface area contributed by atoms with Gasteiger partial charge in [-0.25, -0.2) is 0 Å². The van der Waals surface area contributed by atoms with Crippen LogP contribution in [-0.2, 0) is 0 Å². The molecular formula is C14H20N2OS. The van der Waals surface area contributed by atoms with Gasteiger partial charge in [-0.05, 0) is 49.4 Å². The average Bonchev–Trinajstić information content (AvgIpc) is 3.18. The molecular weight excluding hydrogens is 244 g/mol. The van der Waals surface area contributed by atoms with Crippen LogP contribution in [0.1, 0.15) is 30.1 Å². The van der Waals surface area contributed by atoms with Crippen molar-refractivity contribution in [1.82, 2.24) is 5.32 Å². The highest BCUT2D eigenvalue weighted by Gasteiger charge is 2.41. The zero-order valence-electron chi connectivity index (χ0n) is 10.7. The van der Waals surface area contributed by atoms with Crippen molar-refractivity contribution in [3.8, 4) is 0 Å². The molecule has 3 N–H and O–H groups in total. The fourth-order valence-corrected chi connectivity index (χ4v) is 2.53. The molecule has 0 aromatic heterocycles. The minimum atomic E-state index is 0.00257. The van der Waals surface area contributed by atoms with E-state index in [1.165, 1.54) is 4.90 Å². The molecule has 1 aliphatic rings. The molecule has 0 spiro atoms. The molecule has 4 heteroatoms. The lowest BCUT2D eigenvalue weighted by Crippen LogP contribution is -2.33. The van der Waals surface area contributed by atoms with Crippen LogP contribution < -0.4 is 11.1 Å². The van der Waals surface area contributed by atoms with E-state index in [2.05, 4.69) is 12.2 Å². The zero-order valence-corrected chi connectivity index (χ0v) is 11.6. The van der Waals surface area contributed by atoms with Crippen LogP contribution >= 0.6 is 11.8 Å². The summed E-state index contributed by atoms with van der Waals surface area (Å²) >= 11 is 1.78. The quantitative estimate of drug-likeness (QED) is 0.775. The van der Waals surface area contributed by atoms with Crippen molar-refractivity contribution in [2.45, 2.75) is 24.7 Å².